The lowest BCUT2D eigenvalue weighted by atomic mass is 9.95. The molecule has 1 N–H and O–H groups in total. The van der Waals surface area contributed by atoms with Crippen molar-refractivity contribution in [2.24, 2.45) is 5.92 Å². The molecule has 2 aliphatic rings. The molecule has 0 aliphatic carbocycles. The van der Waals surface area contributed by atoms with Crippen molar-refractivity contribution in [2.45, 2.75) is 64.8 Å². The summed E-state index contributed by atoms with van der Waals surface area (Å²) in [4.78, 5) is 39.9. The van der Waals surface area contributed by atoms with E-state index >= 15 is 0 Å². The van der Waals surface area contributed by atoms with Crippen LogP contribution in [0.25, 0.3) is 0 Å². The van der Waals surface area contributed by atoms with E-state index in [2.05, 4.69) is 15.6 Å². The summed E-state index contributed by atoms with van der Waals surface area (Å²) in [6, 6.07) is -0.344. The fourth-order valence-corrected chi connectivity index (χ4v) is 4.02. The fourth-order valence-electron chi connectivity index (χ4n) is 4.02. The number of carbonyl (C=O) groups is 3. The molecule has 29 heavy (non-hydrogen) atoms. The quantitative estimate of drug-likeness (QED) is 0.770. The molecule has 0 bridgehead atoms. The Kier molecular flexibility index (Phi) is 6.49. The summed E-state index contributed by atoms with van der Waals surface area (Å²) in [7, 11) is 0. The maximum atomic E-state index is 14.1. The number of alkyl halides is 1. The highest BCUT2D eigenvalue weighted by atomic mass is 19.1. The average Bonchev–Trinajstić information content (AvgIpc) is 3.27. The van der Waals surface area contributed by atoms with Crippen molar-refractivity contribution in [3.63, 3.8) is 0 Å². The third-order valence-electron chi connectivity index (χ3n) is 5.52. The number of aromatic nitrogens is 3. The summed E-state index contributed by atoms with van der Waals surface area (Å²) in [5.74, 6) is -0.550. The monoisotopic (exact) mass is 408 g/mol. The maximum Gasteiger partial charge on any atom is 0.273 e. The predicted octanol–water partition coefficient (Wildman–Crippen LogP) is 0.614. The molecule has 0 spiro atoms. The number of likely N-dealkylation sites (tertiary alicyclic amines) is 2. The van der Waals surface area contributed by atoms with Crippen LogP contribution in [0.5, 0.6) is 0 Å². The lowest BCUT2D eigenvalue weighted by Crippen LogP contribution is -2.46. The second-order valence-electron chi connectivity index (χ2n) is 8.21. The van der Waals surface area contributed by atoms with E-state index in [1.165, 1.54) is 17.8 Å². The average molecular weight is 408 g/mol. The van der Waals surface area contributed by atoms with Gasteiger partial charge in [0, 0.05) is 38.4 Å². The molecule has 0 saturated carbocycles. The van der Waals surface area contributed by atoms with Gasteiger partial charge in [-0.05, 0) is 26.7 Å². The van der Waals surface area contributed by atoms with Gasteiger partial charge < -0.3 is 15.1 Å². The Morgan fingerprint density at radius 2 is 1.97 bits per heavy atom. The van der Waals surface area contributed by atoms with Crippen LogP contribution in [0.1, 0.15) is 50.5 Å². The highest BCUT2D eigenvalue weighted by Crippen LogP contribution is 2.27. The van der Waals surface area contributed by atoms with Crippen LogP contribution >= 0.6 is 0 Å². The second-order valence-corrected chi connectivity index (χ2v) is 8.21. The Labute approximate surface area is 169 Å². The van der Waals surface area contributed by atoms with Gasteiger partial charge in [0.15, 0.2) is 5.69 Å². The Hall–Kier alpha value is -2.52. The van der Waals surface area contributed by atoms with E-state index in [1.54, 1.807) is 9.80 Å². The van der Waals surface area contributed by atoms with Crippen LogP contribution in [0.15, 0.2) is 6.20 Å². The van der Waals surface area contributed by atoms with Gasteiger partial charge in [0.25, 0.3) is 5.91 Å². The highest BCUT2D eigenvalue weighted by Gasteiger charge is 2.39. The lowest BCUT2D eigenvalue weighted by molar-refractivity contribution is -0.141. The van der Waals surface area contributed by atoms with Crippen LogP contribution in [0.3, 0.4) is 0 Å². The molecule has 3 rings (SSSR count). The van der Waals surface area contributed by atoms with Crippen molar-refractivity contribution in [3.8, 4) is 0 Å². The molecule has 2 atom stereocenters. The van der Waals surface area contributed by atoms with Crippen LogP contribution in [-0.4, -0.2) is 80.4 Å². The number of piperidine rings is 1. The second kappa shape index (κ2) is 8.87. The van der Waals surface area contributed by atoms with Gasteiger partial charge >= 0.3 is 0 Å². The molecule has 0 unspecified atom stereocenters. The summed E-state index contributed by atoms with van der Waals surface area (Å²) >= 11 is 0. The van der Waals surface area contributed by atoms with Crippen molar-refractivity contribution in [3.05, 3.63) is 11.9 Å². The largest absolute Gasteiger partial charge is 0.348 e. The van der Waals surface area contributed by atoms with E-state index in [0.717, 1.165) is 0 Å². The molecule has 2 saturated heterocycles. The number of rotatable bonds is 5. The van der Waals surface area contributed by atoms with E-state index in [4.69, 9.17) is 0 Å². The van der Waals surface area contributed by atoms with Gasteiger partial charge in [-0.3, -0.25) is 14.4 Å². The first kappa shape index (κ1) is 21.2. The van der Waals surface area contributed by atoms with Gasteiger partial charge in [0.05, 0.1) is 25.3 Å². The van der Waals surface area contributed by atoms with Gasteiger partial charge in [0.2, 0.25) is 11.8 Å². The number of carbonyl (C=O) groups excluding carboxylic acids is 3. The highest BCUT2D eigenvalue weighted by molar-refractivity contribution is 5.92. The first-order chi connectivity index (χ1) is 13.7. The van der Waals surface area contributed by atoms with E-state index in [9.17, 15) is 18.8 Å². The van der Waals surface area contributed by atoms with E-state index in [-0.39, 0.29) is 54.4 Å². The summed E-state index contributed by atoms with van der Waals surface area (Å²) < 4.78 is 15.6. The molecule has 2 fully saturated rings. The zero-order chi connectivity index (χ0) is 21.1. The molecule has 3 amide bonds. The molecule has 10 heteroatoms. The Balaban J connectivity index is 1.62. The van der Waals surface area contributed by atoms with Crippen LogP contribution in [-0.2, 0) is 16.1 Å². The van der Waals surface area contributed by atoms with Gasteiger partial charge in [-0.1, -0.05) is 5.21 Å². The summed E-state index contributed by atoms with van der Waals surface area (Å²) in [6.07, 6.45) is 1.89. The molecule has 0 radical (unpaired) electrons. The third-order valence-corrected chi connectivity index (χ3v) is 5.52. The minimum Gasteiger partial charge on any atom is -0.348 e. The smallest absolute Gasteiger partial charge is 0.273 e. The van der Waals surface area contributed by atoms with Crippen LogP contribution in [0.4, 0.5) is 4.39 Å². The number of amides is 3. The van der Waals surface area contributed by atoms with Crippen molar-refractivity contribution in [2.75, 3.05) is 19.6 Å². The predicted molar refractivity (Wildman–Crippen MR) is 103 cm³/mol. The first-order valence-corrected chi connectivity index (χ1v) is 10.2. The summed E-state index contributed by atoms with van der Waals surface area (Å²) in [6.45, 7) is 6.72. The van der Waals surface area contributed by atoms with Crippen molar-refractivity contribution < 1.29 is 18.8 Å². The summed E-state index contributed by atoms with van der Waals surface area (Å²) in [5, 5.41) is 10.6. The number of hydrogen-bond donors (Lipinski definition) is 1. The van der Waals surface area contributed by atoms with Gasteiger partial charge in [-0.25, -0.2) is 9.07 Å². The van der Waals surface area contributed by atoms with Gasteiger partial charge in [0.1, 0.15) is 6.17 Å². The van der Waals surface area contributed by atoms with Crippen LogP contribution < -0.4 is 5.32 Å². The van der Waals surface area contributed by atoms with Crippen molar-refractivity contribution >= 4 is 17.7 Å². The molecule has 160 valence electrons. The topological polar surface area (TPSA) is 100 Å². The van der Waals surface area contributed by atoms with Gasteiger partial charge in [-0.15, -0.1) is 5.10 Å². The normalized spacial score (nSPS) is 22.9. The molecule has 2 aliphatic heterocycles. The third kappa shape index (κ3) is 5.10. The summed E-state index contributed by atoms with van der Waals surface area (Å²) in [5.41, 5.74) is 0.197. The molecule has 3 heterocycles. The standard InChI is InChI=1S/C19H29FN6O3/c1-12(2)21-18(28)17-11-25(23-22-17)10-16-8-15(20)9-26(16)19(29)14-4-6-24(7-5-14)13(3)27/h11-12,14-16H,4-10H2,1-3H3,(H,21,28)/t15-,16-/m0/s1. The zero-order valence-corrected chi connectivity index (χ0v) is 17.2. The molecule has 1 aromatic heterocycles. The number of hydrogen-bond acceptors (Lipinski definition) is 5. The SMILES string of the molecule is CC(=O)N1CCC(C(=O)N2C[C@@H](F)C[C@H]2Cn2cc(C(=O)NC(C)C)nn2)CC1. The molecule has 1 aromatic rings. The lowest BCUT2D eigenvalue weighted by Gasteiger charge is -2.34. The minimum atomic E-state index is -1.08. The fraction of sp³-hybridized carbons (Fsp3) is 0.737. The van der Waals surface area contributed by atoms with Crippen LogP contribution in [0, 0.1) is 5.92 Å². The zero-order valence-electron chi connectivity index (χ0n) is 17.2. The van der Waals surface area contributed by atoms with E-state index in [0.29, 0.717) is 32.5 Å². The van der Waals surface area contributed by atoms with E-state index in [1.807, 2.05) is 13.8 Å². The molecular weight excluding hydrogens is 379 g/mol. The maximum absolute atomic E-state index is 14.1. The van der Waals surface area contributed by atoms with Crippen molar-refractivity contribution in [1.29, 1.82) is 0 Å². The molecular formula is C19H29FN6O3. The molecule has 9 nitrogen and oxygen atoms in total. The Morgan fingerprint density at radius 3 is 2.59 bits per heavy atom. The Morgan fingerprint density at radius 1 is 1.28 bits per heavy atom. The number of nitrogens with zero attached hydrogens (tertiary/aromatic N) is 5. The first-order valence-electron chi connectivity index (χ1n) is 10.2. The number of halogens is 1. The van der Waals surface area contributed by atoms with Crippen LogP contribution in [0.2, 0.25) is 0 Å². The van der Waals surface area contributed by atoms with E-state index < -0.39 is 6.17 Å². The minimum absolute atomic E-state index is 0.0160. The Bertz CT molecular complexity index is 759. The number of nitrogens with one attached hydrogen (secondary N) is 1. The molecule has 0 aromatic carbocycles. The van der Waals surface area contributed by atoms with Crippen molar-refractivity contribution in [1.82, 2.24) is 30.1 Å². The van der Waals surface area contributed by atoms with Gasteiger partial charge in [-0.2, -0.15) is 0 Å².